The average Bonchev–Trinajstić information content (AvgIpc) is 3.06. The monoisotopic (exact) mass is 305 g/mol. The lowest BCUT2D eigenvalue weighted by molar-refractivity contribution is 0.171. The first-order chi connectivity index (χ1) is 11.3. The van der Waals surface area contributed by atoms with Crippen LogP contribution in [0, 0.1) is 11.3 Å². The van der Waals surface area contributed by atoms with Crippen LogP contribution in [-0.2, 0) is 0 Å². The van der Waals surface area contributed by atoms with Gasteiger partial charge in [0, 0.05) is 24.0 Å². The molecule has 0 radical (unpaired) electrons. The molecule has 7 heteroatoms. The zero-order valence-corrected chi connectivity index (χ0v) is 12.0. The molecule has 0 fully saturated rings. The van der Waals surface area contributed by atoms with Gasteiger partial charge in [0.1, 0.15) is 19.3 Å². The summed E-state index contributed by atoms with van der Waals surface area (Å²) in [5.74, 6) is 1.79. The highest BCUT2D eigenvalue weighted by molar-refractivity contribution is 5.66. The predicted molar refractivity (Wildman–Crippen MR) is 80.3 cm³/mol. The van der Waals surface area contributed by atoms with Crippen molar-refractivity contribution in [2.24, 2.45) is 0 Å². The highest BCUT2D eigenvalue weighted by atomic mass is 16.6. The molecule has 4 rings (SSSR count). The number of hydrogen-bond donors (Lipinski definition) is 0. The summed E-state index contributed by atoms with van der Waals surface area (Å²) in [6, 6.07) is 11.1. The lowest BCUT2D eigenvalue weighted by Gasteiger charge is -2.18. The van der Waals surface area contributed by atoms with Crippen molar-refractivity contribution in [3.8, 4) is 34.8 Å². The Balaban J connectivity index is 1.86. The zero-order valence-electron chi connectivity index (χ0n) is 12.0. The van der Waals surface area contributed by atoms with Gasteiger partial charge in [0.05, 0.1) is 5.69 Å². The van der Waals surface area contributed by atoms with Crippen LogP contribution in [0.4, 0.5) is 0 Å². The molecule has 23 heavy (non-hydrogen) atoms. The van der Waals surface area contributed by atoms with Crippen molar-refractivity contribution < 1.29 is 9.47 Å². The van der Waals surface area contributed by atoms with Gasteiger partial charge in [0.15, 0.2) is 17.2 Å². The fourth-order valence-corrected chi connectivity index (χ4v) is 2.40. The molecule has 1 aromatic carbocycles. The predicted octanol–water partition coefficient (Wildman–Crippen LogP) is 1.97. The van der Waals surface area contributed by atoms with Crippen molar-refractivity contribution in [2.75, 3.05) is 13.2 Å². The third-order valence-electron chi connectivity index (χ3n) is 3.40. The van der Waals surface area contributed by atoms with E-state index in [0.717, 1.165) is 5.56 Å². The third kappa shape index (κ3) is 2.36. The highest BCUT2D eigenvalue weighted by Crippen LogP contribution is 2.35. The van der Waals surface area contributed by atoms with Crippen LogP contribution in [-0.4, -0.2) is 33.0 Å². The van der Waals surface area contributed by atoms with E-state index in [1.807, 2.05) is 24.3 Å². The highest BCUT2D eigenvalue weighted by Gasteiger charge is 2.17. The Kier molecular flexibility index (Phi) is 3.13. The van der Waals surface area contributed by atoms with Crippen LogP contribution in [0.1, 0.15) is 5.69 Å². The van der Waals surface area contributed by atoms with Gasteiger partial charge in [0.25, 0.3) is 5.95 Å². The van der Waals surface area contributed by atoms with Gasteiger partial charge in [-0.3, -0.25) is 0 Å². The SMILES string of the molecule is N#Cc1cc(-c2ccc3c(c2)OCCO3)n(-c2ncccn2)n1. The van der Waals surface area contributed by atoms with Crippen LogP contribution in [0.3, 0.4) is 0 Å². The molecule has 112 valence electrons. The molecule has 0 N–H and O–H groups in total. The van der Waals surface area contributed by atoms with Gasteiger partial charge < -0.3 is 9.47 Å². The van der Waals surface area contributed by atoms with E-state index in [4.69, 9.17) is 14.7 Å². The van der Waals surface area contributed by atoms with Gasteiger partial charge in [-0.25, -0.2) is 9.97 Å². The van der Waals surface area contributed by atoms with Crippen molar-refractivity contribution in [3.63, 3.8) is 0 Å². The summed E-state index contributed by atoms with van der Waals surface area (Å²) >= 11 is 0. The van der Waals surface area contributed by atoms with Gasteiger partial charge in [-0.05, 0) is 24.3 Å². The Morgan fingerprint density at radius 1 is 1.04 bits per heavy atom. The second kappa shape index (κ2) is 5.42. The van der Waals surface area contributed by atoms with Gasteiger partial charge in [-0.2, -0.15) is 15.0 Å². The minimum Gasteiger partial charge on any atom is -0.486 e. The average molecular weight is 305 g/mol. The number of ether oxygens (including phenoxy) is 2. The molecular formula is C16H11N5O2. The lowest BCUT2D eigenvalue weighted by Crippen LogP contribution is -2.15. The summed E-state index contributed by atoms with van der Waals surface area (Å²) in [6.07, 6.45) is 3.26. The van der Waals surface area contributed by atoms with Crippen LogP contribution < -0.4 is 9.47 Å². The molecule has 0 saturated carbocycles. The number of nitriles is 1. The normalized spacial score (nSPS) is 12.7. The van der Waals surface area contributed by atoms with E-state index in [1.54, 1.807) is 29.2 Å². The number of aromatic nitrogens is 4. The van der Waals surface area contributed by atoms with E-state index >= 15 is 0 Å². The first-order valence-electron chi connectivity index (χ1n) is 7.03. The van der Waals surface area contributed by atoms with Crippen LogP contribution in [0.2, 0.25) is 0 Å². The first kappa shape index (κ1) is 13.3. The Bertz CT molecular complexity index is 899. The molecule has 3 aromatic rings. The topological polar surface area (TPSA) is 85.9 Å². The van der Waals surface area contributed by atoms with Gasteiger partial charge >= 0.3 is 0 Å². The molecule has 0 aliphatic carbocycles. The number of rotatable bonds is 2. The van der Waals surface area contributed by atoms with E-state index in [0.29, 0.717) is 42.0 Å². The summed E-state index contributed by atoms with van der Waals surface area (Å²) < 4.78 is 12.7. The summed E-state index contributed by atoms with van der Waals surface area (Å²) in [4.78, 5) is 8.39. The molecule has 0 spiro atoms. The Labute approximate surface area is 131 Å². The van der Waals surface area contributed by atoms with Gasteiger partial charge in [-0.15, -0.1) is 0 Å². The number of nitrogens with zero attached hydrogens (tertiary/aromatic N) is 5. The quantitative estimate of drug-likeness (QED) is 0.719. The van der Waals surface area contributed by atoms with E-state index in [-0.39, 0.29) is 0 Å². The Hall–Kier alpha value is -3.40. The standard InChI is InChI=1S/C16H11N5O2/c17-10-12-9-13(21(20-12)16-18-4-1-5-19-16)11-2-3-14-15(8-11)23-7-6-22-14/h1-5,8-9H,6-7H2. The summed E-state index contributed by atoms with van der Waals surface area (Å²) in [7, 11) is 0. The summed E-state index contributed by atoms with van der Waals surface area (Å²) in [5, 5.41) is 13.4. The van der Waals surface area contributed by atoms with Gasteiger partial charge in [-0.1, -0.05) is 0 Å². The maximum absolute atomic E-state index is 9.15. The smallest absolute Gasteiger partial charge is 0.251 e. The Morgan fingerprint density at radius 2 is 1.83 bits per heavy atom. The maximum Gasteiger partial charge on any atom is 0.251 e. The van der Waals surface area contributed by atoms with Crippen molar-refractivity contribution in [3.05, 3.63) is 48.4 Å². The fraction of sp³-hybridized carbons (Fsp3) is 0.125. The molecule has 1 aliphatic rings. The second-order valence-corrected chi connectivity index (χ2v) is 4.85. The molecule has 0 bridgehead atoms. The molecule has 0 amide bonds. The van der Waals surface area contributed by atoms with Crippen molar-refractivity contribution in [2.45, 2.75) is 0 Å². The molecule has 3 heterocycles. The van der Waals surface area contributed by atoms with E-state index < -0.39 is 0 Å². The Morgan fingerprint density at radius 3 is 2.61 bits per heavy atom. The summed E-state index contributed by atoms with van der Waals surface area (Å²) in [5.41, 5.74) is 1.85. The van der Waals surface area contributed by atoms with Crippen LogP contribution in [0.15, 0.2) is 42.7 Å². The van der Waals surface area contributed by atoms with E-state index in [9.17, 15) is 0 Å². The maximum atomic E-state index is 9.15. The second-order valence-electron chi connectivity index (χ2n) is 4.85. The van der Waals surface area contributed by atoms with Gasteiger partial charge in [0.2, 0.25) is 0 Å². The third-order valence-corrected chi connectivity index (χ3v) is 3.40. The van der Waals surface area contributed by atoms with Crippen molar-refractivity contribution in [1.82, 2.24) is 19.7 Å². The van der Waals surface area contributed by atoms with Crippen molar-refractivity contribution in [1.29, 1.82) is 5.26 Å². The fourth-order valence-electron chi connectivity index (χ4n) is 2.40. The zero-order chi connectivity index (χ0) is 15.6. The number of benzene rings is 1. The number of fused-ring (bicyclic) bond motifs is 1. The molecule has 0 unspecified atom stereocenters. The molecule has 1 aliphatic heterocycles. The van der Waals surface area contributed by atoms with Crippen LogP contribution in [0.25, 0.3) is 17.2 Å². The first-order valence-corrected chi connectivity index (χ1v) is 7.03. The van der Waals surface area contributed by atoms with E-state index in [1.165, 1.54) is 0 Å². The minimum atomic E-state index is 0.294. The van der Waals surface area contributed by atoms with Crippen molar-refractivity contribution >= 4 is 0 Å². The molecule has 0 saturated heterocycles. The molecule has 2 aromatic heterocycles. The van der Waals surface area contributed by atoms with Crippen LogP contribution in [0.5, 0.6) is 11.5 Å². The summed E-state index contributed by atoms with van der Waals surface area (Å²) in [6.45, 7) is 1.06. The molecular weight excluding hydrogens is 294 g/mol. The lowest BCUT2D eigenvalue weighted by atomic mass is 10.1. The molecule has 7 nitrogen and oxygen atoms in total. The van der Waals surface area contributed by atoms with Crippen LogP contribution >= 0.6 is 0 Å². The van der Waals surface area contributed by atoms with E-state index in [2.05, 4.69) is 15.1 Å². The number of hydrogen-bond acceptors (Lipinski definition) is 6. The largest absolute Gasteiger partial charge is 0.486 e. The minimum absolute atomic E-state index is 0.294. The molecule has 0 atom stereocenters.